The van der Waals surface area contributed by atoms with E-state index in [0.29, 0.717) is 22.2 Å². The van der Waals surface area contributed by atoms with Crippen LogP contribution in [0.1, 0.15) is 10.5 Å². The Labute approximate surface area is 117 Å². The minimum Gasteiger partial charge on any atom is -0.495 e. The minimum absolute atomic E-state index is 0.231. The van der Waals surface area contributed by atoms with Crippen LogP contribution >= 0.6 is 27.5 Å². The molecule has 0 aliphatic carbocycles. The Kier molecular flexibility index (Phi) is 3.93. The van der Waals surface area contributed by atoms with Crippen molar-refractivity contribution in [3.8, 4) is 5.75 Å². The van der Waals surface area contributed by atoms with Gasteiger partial charge in [-0.1, -0.05) is 11.6 Å². The summed E-state index contributed by atoms with van der Waals surface area (Å²) in [6.07, 6.45) is 1.69. The lowest BCUT2D eigenvalue weighted by atomic mass is 10.3. The fourth-order valence-corrected chi connectivity index (χ4v) is 1.97. The Morgan fingerprint density at radius 2 is 2.22 bits per heavy atom. The molecule has 0 bridgehead atoms. The van der Waals surface area contributed by atoms with Crippen LogP contribution < -0.4 is 10.1 Å². The predicted molar refractivity (Wildman–Crippen MR) is 74.4 cm³/mol. The predicted octanol–water partition coefficient (Wildman–Crippen LogP) is 3.69. The average molecular weight is 330 g/mol. The first kappa shape index (κ1) is 13.0. The Morgan fingerprint density at radius 3 is 2.83 bits per heavy atom. The number of benzene rings is 1. The molecule has 0 spiro atoms. The molecule has 0 radical (unpaired) electrons. The first-order valence-corrected chi connectivity index (χ1v) is 6.26. The number of H-pyrrole nitrogens is 1. The normalized spacial score (nSPS) is 10.2. The highest BCUT2D eigenvalue weighted by molar-refractivity contribution is 9.10. The summed E-state index contributed by atoms with van der Waals surface area (Å²) in [4.78, 5) is 14.7. The van der Waals surface area contributed by atoms with Crippen LogP contribution in [0.3, 0.4) is 0 Å². The van der Waals surface area contributed by atoms with Crippen molar-refractivity contribution in [1.82, 2.24) is 4.98 Å². The fraction of sp³-hybridized carbons (Fsp3) is 0.0833. The van der Waals surface area contributed by atoms with Gasteiger partial charge in [0, 0.05) is 22.4 Å². The maximum Gasteiger partial charge on any atom is 0.272 e. The molecule has 4 nitrogen and oxygen atoms in total. The maximum absolute atomic E-state index is 11.9. The van der Waals surface area contributed by atoms with Gasteiger partial charge in [-0.05, 0) is 34.1 Å². The molecule has 0 saturated heterocycles. The number of hydrogen-bond acceptors (Lipinski definition) is 2. The summed E-state index contributed by atoms with van der Waals surface area (Å²) in [5, 5.41) is 3.24. The highest BCUT2D eigenvalue weighted by atomic mass is 79.9. The molecule has 18 heavy (non-hydrogen) atoms. The number of rotatable bonds is 3. The molecule has 2 aromatic rings. The molecule has 0 aliphatic heterocycles. The van der Waals surface area contributed by atoms with E-state index in [4.69, 9.17) is 16.3 Å². The van der Waals surface area contributed by atoms with Crippen molar-refractivity contribution in [2.24, 2.45) is 0 Å². The smallest absolute Gasteiger partial charge is 0.272 e. The summed E-state index contributed by atoms with van der Waals surface area (Å²) in [5.41, 5.74) is 1.09. The van der Waals surface area contributed by atoms with Crippen LogP contribution in [-0.2, 0) is 0 Å². The van der Waals surface area contributed by atoms with Crippen molar-refractivity contribution in [2.45, 2.75) is 0 Å². The average Bonchev–Trinajstić information content (AvgIpc) is 2.78. The summed E-state index contributed by atoms with van der Waals surface area (Å²) in [5.74, 6) is 0.284. The van der Waals surface area contributed by atoms with Crippen LogP contribution in [0, 0.1) is 0 Å². The van der Waals surface area contributed by atoms with Crippen molar-refractivity contribution in [3.63, 3.8) is 0 Å². The molecular weight excluding hydrogens is 320 g/mol. The standard InChI is InChI=1S/C12H10BrClN2O2/c1-18-11-5-8(2-3-9(11)14)16-12(17)10-4-7(13)6-15-10/h2-6,15H,1H3,(H,16,17). The summed E-state index contributed by atoms with van der Waals surface area (Å²) in [6, 6.07) is 6.74. The largest absolute Gasteiger partial charge is 0.495 e. The number of methoxy groups -OCH3 is 1. The fourth-order valence-electron chi connectivity index (χ4n) is 1.43. The summed E-state index contributed by atoms with van der Waals surface area (Å²) in [6.45, 7) is 0. The number of amides is 1. The van der Waals surface area contributed by atoms with E-state index < -0.39 is 0 Å². The zero-order valence-electron chi connectivity index (χ0n) is 9.46. The number of aromatic nitrogens is 1. The van der Waals surface area contributed by atoms with Gasteiger partial charge in [-0.15, -0.1) is 0 Å². The van der Waals surface area contributed by atoms with Crippen LogP contribution in [0.2, 0.25) is 5.02 Å². The first-order chi connectivity index (χ1) is 8.60. The molecule has 0 fully saturated rings. The molecule has 6 heteroatoms. The van der Waals surface area contributed by atoms with E-state index in [-0.39, 0.29) is 5.91 Å². The molecular formula is C12H10BrClN2O2. The van der Waals surface area contributed by atoms with Gasteiger partial charge in [0.15, 0.2) is 0 Å². The summed E-state index contributed by atoms with van der Waals surface area (Å²) in [7, 11) is 1.52. The second-order valence-corrected chi connectivity index (χ2v) is 4.86. The topological polar surface area (TPSA) is 54.1 Å². The summed E-state index contributed by atoms with van der Waals surface area (Å²) >= 11 is 9.17. The molecule has 1 amide bonds. The van der Waals surface area contributed by atoms with E-state index >= 15 is 0 Å². The number of nitrogens with one attached hydrogen (secondary N) is 2. The highest BCUT2D eigenvalue weighted by Crippen LogP contribution is 2.27. The van der Waals surface area contributed by atoms with Crippen molar-refractivity contribution in [2.75, 3.05) is 12.4 Å². The monoisotopic (exact) mass is 328 g/mol. The van der Waals surface area contributed by atoms with E-state index in [2.05, 4.69) is 26.2 Å². The van der Waals surface area contributed by atoms with Crippen molar-refractivity contribution < 1.29 is 9.53 Å². The molecule has 0 aliphatic rings. The quantitative estimate of drug-likeness (QED) is 0.902. The van der Waals surface area contributed by atoms with Crippen molar-refractivity contribution in [1.29, 1.82) is 0 Å². The van der Waals surface area contributed by atoms with Gasteiger partial charge >= 0.3 is 0 Å². The molecule has 1 aromatic carbocycles. The molecule has 0 atom stereocenters. The van der Waals surface area contributed by atoms with E-state index in [1.807, 2.05) is 0 Å². The third kappa shape index (κ3) is 2.86. The van der Waals surface area contributed by atoms with Gasteiger partial charge in [0.25, 0.3) is 5.91 Å². The van der Waals surface area contributed by atoms with Gasteiger partial charge in [0.2, 0.25) is 0 Å². The summed E-state index contributed by atoms with van der Waals surface area (Å²) < 4.78 is 5.90. The van der Waals surface area contributed by atoms with Crippen LogP contribution in [0.4, 0.5) is 5.69 Å². The highest BCUT2D eigenvalue weighted by Gasteiger charge is 2.09. The Morgan fingerprint density at radius 1 is 1.44 bits per heavy atom. The lowest BCUT2D eigenvalue weighted by molar-refractivity contribution is 0.102. The lowest BCUT2D eigenvalue weighted by Crippen LogP contribution is -2.12. The Bertz CT molecular complexity index is 583. The minimum atomic E-state index is -0.231. The first-order valence-electron chi connectivity index (χ1n) is 5.09. The molecule has 1 heterocycles. The third-order valence-electron chi connectivity index (χ3n) is 2.30. The molecule has 0 saturated carbocycles. The number of carbonyl (C=O) groups excluding carboxylic acids is 1. The van der Waals surface area contributed by atoms with E-state index in [1.165, 1.54) is 7.11 Å². The second kappa shape index (κ2) is 5.46. The van der Waals surface area contributed by atoms with Gasteiger partial charge in [-0.2, -0.15) is 0 Å². The molecule has 94 valence electrons. The van der Waals surface area contributed by atoms with Crippen LogP contribution in [0.5, 0.6) is 5.75 Å². The molecule has 2 rings (SSSR count). The van der Waals surface area contributed by atoms with Gasteiger partial charge in [0.1, 0.15) is 11.4 Å². The zero-order chi connectivity index (χ0) is 13.1. The number of halogens is 2. The third-order valence-corrected chi connectivity index (χ3v) is 3.07. The van der Waals surface area contributed by atoms with Gasteiger partial charge in [-0.3, -0.25) is 4.79 Å². The van der Waals surface area contributed by atoms with Gasteiger partial charge in [0.05, 0.1) is 12.1 Å². The van der Waals surface area contributed by atoms with Crippen molar-refractivity contribution in [3.05, 3.63) is 45.7 Å². The second-order valence-electron chi connectivity index (χ2n) is 3.54. The maximum atomic E-state index is 11.9. The zero-order valence-corrected chi connectivity index (χ0v) is 11.8. The molecule has 2 N–H and O–H groups in total. The number of ether oxygens (including phenoxy) is 1. The number of hydrogen-bond donors (Lipinski definition) is 2. The number of aromatic amines is 1. The SMILES string of the molecule is COc1cc(NC(=O)c2cc(Br)c[nH]2)ccc1Cl. The van der Waals surface area contributed by atoms with E-state index in [1.54, 1.807) is 30.5 Å². The molecule has 1 aromatic heterocycles. The molecule has 0 unspecified atom stereocenters. The van der Waals surface area contributed by atoms with Crippen LogP contribution in [-0.4, -0.2) is 18.0 Å². The Balaban J connectivity index is 2.16. The van der Waals surface area contributed by atoms with Crippen molar-refractivity contribution >= 4 is 39.1 Å². The van der Waals surface area contributed by atoms with E-state index in [9.17, 15) is 4.79 Å². The lowest BCUT2D eigenvalue weighted by Gasteiger charge is -2.07. The van der Waals surface area contributed by atoms with Gasteiger partial charge in [-0.25, -0.2) is 0 Å². The number of anilines is 1. The Hall–Kier alpha value is -1.46. The van der Waals surface area contributed by atoms with E-state index in [0.717, 1.165) is 4.47 Å². The van der Waals surface area contributed by atoms with Crippen LogP contribution in [0.25, 0.3) is 0 Å². The van der Waals surface area contributed by atoms with Gasteiger partial charge < -0.3 is 15.0 Å². The van der Waals surface area contributed by atoms with Crippen LogP contribution in [0.15, 0.2) is 34.9 Å². The number of carbonyl (C=O) groups is 1.